The van der Waals surface area contributed by atoms with Crippen molar-refractivity contribution in [1.29, 1.82) is 0 Å². The van der Waals surface area contributed by atoms with E-state index >= 15 is 0 Å². The average molecular weight is 289 g/mol. The van der Waals surface area contributed by atoms with E-state index in [-0.39, 0.29) is 12.5 Å². The number of hydrogen-bond acceptors (Lipinski definition) is 5. The van der Waals surface area contributed by atoms with Crippen LogP contribution in [0.2, 0.25) is 0 Å². The first kappa shape index (κ1) is 15.1. The van der Waals surface area contributed by atoms with E-state index in [0.29, 0.717) is 17.1 Å². The molecule has 6 nitrogen and oxygen atoms in total. The van der Waals surface area contributed by atoms with Crippen LogP contribution in [0.5, 0.6) is 0 Å². The van der Waals surface area contributed by atoms with Crippen molar-refractivity contribution in [2.75, 3.05) is 25.5 Å². The molecule has 1 amide bonds. The molecule has 21 heavy (non-hydrogen) atoms. The number of amides is 1. The molecule has 0 aliphatic rings. The molecule has 2 N–H and O–H groups in total. The van der Waals surface area contributed by atoms with Crippen molar-refractivity contribution in [2.45, 2.75) is 12.5 Å². The van der Waals surface area contributed by atoms with Crippen molar-refractivity contribution in [3.05, 3.63) is 48.0 Å². The van der Waals surface area contributed by atoms with Crippen molar-refractivity contribution < 1.29 is 14.3 Å². The first-order valence-corrected chi connectivity index (χ1v) is 6.58. The van der Waals surface area contributed by atoms with Crippen LogP contribution in [-0.2, 0) is 5.60 Å². The number of pyridine rings is 1. The van der Waals surface area contributed by atoms with Gasteiger partial charge < -0.3 is 19.7 Å². The van der Waals surface area contributed by atoms with Crippen molar-refractivity contribution in [1.82, 2.24) is 10.3 Å². The summed E-state index contributed by atoms with van der Waals surface area (Å²) in [6, 6.07) is 6.68. The fourth-order valence-corrected chi connectivity index (χ4v) is 1.83. The van der Waals surface area contributed by atoms with Crippen LogP contribution in [0.4, 0.5) is 5.82 Å². The van der Waals surface area contributed by atoms with Gasteiger partial charge in [0.2, 0.25) is 0 Å². The quantitative estimate of drug-likeness (QED) is 0.869. The van der Waals surface area contributed by atoms with Gasteiger partial charge in [-0.05, 0) is 31.2 Å². The number of hydrogen-bond donors (Lipinski definition) is 2. The number of rotatable bonds is 5. The third kappa shape index (κ3) is 3.61. The van der Waals surface area contributed by atoms with Crippen LogP contribution < -0.4 is 10.2 Å². The van der Waals surface area contributed by atoms with E-state index in [1.165, 1.54) is 6.26 Å². The molecule has 0 aliphatic carbocycles. The molecule has 0 fully saturated rings. The van der Waals surface area contributed by atoms with Crippen LogP contribution >= 0.6 is 0 Å². The summed E-state index contributed by atoms with van der Waals surface area (Å²) < 4.78 is 5.17. The van der Waals surface area contributed by atoms with Crippen LogP contribution in [0.3, 0.4) is 0 Å². The lowest BCUT2D eigenvalue weighted by atomic mass is 10.0. The van der Waals surface area contributed by atoms with Crippen molar-refractivity contribution in [3.63, 3.8) is 0 Å². The van der Waals surface area contributed by atoms with E-state index in [4.69, 9.17) is 4.42 Å². The molecular weight excluding hydrogens is 270 g/mol. The predicted octanol–water partition coefficient (Wildman–Crippen LogP) is 1.38. The maximum Gasteiger partial charge on any atom is 0.251 e. The van der Waals surface area contributed by atoms with Crippen molar-refractivity contribution in [2.24, 2.45) is 0 Å². The smallest absolute Gasteiger partial charge is 0.251 e. The van der Waals surface area contributed by atoms with Gasteiger partial charge in [0, 0.05) is 25.9 Å². The van der Waals surface area contributed by atoms with Gasteiger partial charge >= 0.3 is 0 Å². The van der Waals surface area contributed by atoms with Gasteiger partial charge in [-0.15, -0.1) is 0 Å². The number of nitrogens with one attached hydrogen (secondary N) is 1. The predicted molar refractivity (Wildman–Crippen MR) is 79.2 cm³/mol. The molecule has 2 aromatic heterocycles. The normalized spacial score (nSPS) is 13.5. The van der Waals surface area contributed by atoms with Gasteiger partial charge in [-0.2, -0.15) is 0 Å². The largest absolute Gasteiger partial charge is 0.466 e. The van der Waals surface area contributed by atoms with E-state index in [1.807, 2.05) is 19.0 Å². The molecule has 0 spiro atoms. The Bertz CT molecular complexity index is 606. The highest BCUT2D eigenvalue weighted by molar-refractivity contribution is 5.94. The third-order valence-corrected chi connectivity index (χ3v) is 3.11. The molecule has 2 rings (SSSR count). The van der Waals surface area contributed by atoms with E-state index in [9.17, 15) is 9.90 Å². The minimum Gasteiger partial charge on any atom is -0.466 e. The average Bonchev–Trinajstić information content (AvgIpc) is 3.00. The Kier molecular flexibility index (Phi) is 4.28. The van der Waals surface area contributed by atoms with Crippen molar-refractivity contribution in [3.8, 4) is 0 Å². The summed E-state index contributed by atoms with van der Waals surface area (Å²) in [5.74, 6) is 0.833. The van der Waals surface area contributed by atoms with Gasteiger partial charge in [0.15, 0.2) is 0 Å². The Labute approximate surface area is 123 Å². The van der Waals surface area contributed by atoms with Gasteiger partial charge in [0.25, 0.3) is 5.91 Å². The number of furan rings is 1. The van der Waals surface area contributed by atoms with E-state index < -0.39 is 5.60 Å². The first-order chi connectivity index (χ1) is 9.90. The lowest BCUT2D eigenvalue weighted by Gasteiger charge is -2.21. The summed E-state index contributed by atoms with van der Waals surface area (Å²) in [4.78, 5) is 18.1. The summed E-state index contributed by atoms with van der Waals surface area (Å²) in [6.07, 6.45) is 3.06. The fourth-order valence-electron chi connectivity index (χ4n) is 1.83. The molecule has 0 radical (unpaired) electrons. The molecule has 112 valence electrons. The van der Waals surface area contributed by atoms with Crippen LogP contribution in [-0.4, -0.2) is 36.6 Å². The van der Waals surface area contributed by atoms with Crippen LogP contribution in [0.1, 0.15) is 23.0 Å². The minimum atomic E-state index is -1.25. The van der Waals surface area contributed by atoms with Crippen LogP contribution in [0.25, 0.3) is 0 Å². The van der Waals surface area contributed by atoms with Crippen molar-refractivity contribution >= 4 is 11.7 Å². The maximum atomic E-state index is 12.1. The zero-order chi connectivity index (χ0) is 15.5. The van der Waals surface area contributed by atoms with Gasteiger partial charge in [-0.25, -0.2) is 4.98 Å². The number of carbonyl (C=O) groups excluding carboxylic acids is 1. The topological polar surface area (TPSA) is 78.6 Å². The highest BCUT2D eigenvalue weighted by Gasteiger charge is 2.27. The highest BCUT2D eigenvalue weighted by Crippen LogP contribution is 2.20. The Morgan fingerprint density at radius 3 is 2.86 bits per heavy atom. The molecule has 0 aromatic carbocycles. The Balaban J connectivity index is 2.03. The Hall–Kier alpha value is -2.34. The third-order valence-electron chi connectivity index (χ3n) is 3.11. The van der Waals surface area contributed by atoms with Gasteiger partial charge in [0.1, 0.15) is 17.2 Å². The van der Waals surface area contributed by atoms with Crippen LogP contribution in [0.15, 0.2) is 41.1 Å². The molecule has 0 aliphatic heterocycles. The lowest BCUT2D eigenvalue weighted by Crippen LogP contribution is -2.38. The van der Waals surface area contributed by atoms with E-state index in [1.54, 1.807) is 37.4 Å². The van der Waals surface area contributed by atoms with Gasteiger partial charge in [0.05, 0.1) is 12.8 Å². The second-order valence-corrected chi connectivity index (χ2v) is 5.23. The molecule has 1 unspecified atom stereocenters. The summed E-state index contributed by atoms with van der Waals surface area (Å²) in [5, 5.41) is 13.0. The SMILES string of the molecule is CN(C)c1cc(C(=O)NCC(C)(O)c2ccco2)ccn1. The van der Waals surface area contributed by atoms with Gasteiger partial charge in [-0.3, -0.25) is 4.79 Å². The Morgan fingerprint density at radius 1 is 1.48 bits per heavy atom. The van der Waals surface area contributed by atoms with E-state index in [0.717, 1.165) is 0 Å². The molecule has 0 bridgehead atoms. The van der Waals surface area contributed by atoms with Crippen LogP contribution in [0, 0.1) is 0 Å². The fraction of sp³-hybridized carbons (Fsp3) is 0.333. The zero-order valence-corrected chi connectivity index (χ0v) is 12.3. The molecule has 1 atom stereocenters. The monoisotopic (exact) mass is 289 g/mol. The van der Waals surface area contributed by atoms with Gasteiger partial charge in [-0.1, -0.05) is 0 Å². The Morgan fingerprint density at radius 2 is 2.24 bits per heavy atom. The highest BCUT2D eigenvalue weighted by atomic mass is 16.4. The summed E-state index contributed by atoms with van der Waals surface area (Å²) in [6.45, 7) is 1.64. The molecular formula is C15H19N3O3. The molecule has 2 aromatic rings. The minimum absolute atomic E-state index is 0.0545. The number of anilines is 1. The molecule has 2 heterocycles. The maximum absolute atomic E-state index is 12.1. The number of aromatic nitrogens is 1. The molecule has 0 saturated heterocycles. The number of nitrogens with zero attached hydrogens (tertiary/aromatic N) is 2. The standard InChI is InChI=1S/C15H19N3O3/c1-15(20,12-5-4-8-21-12)10-17-14(19)11-6-7-16-13(9-11)18(2)3/h4-9,20H,10H2,1-3H3,(H,17,19). The molecule has 0 saturated carbocycles. The zero-order valence-electron chi connectivity index (χ0n) is 12.3. The second kappa shape index (κ2) is 5.97. The first-order valence-electron chi connectivity index (χ1n) is 6.58. The summed E-state index contributed by atoms with van der Waals surface area (Å²) in [5.41, 5.74) is -0.764. The second-order valence-electron chi connectivity index (χ2n) is 5.23. The summed E-state index contributed by atoms with van der Waals surface area (Å²) >= 11 is 0. The lowest BCUT2D eigenvalue weighted by molar-refractivity contribution is 0.0330. The summed E-state index contributed by atoms with van der Waals surface area (Å²) in [7, 11) is 3.71. The van der Waals surface area contributed by atoms with E-state index in [2.05, 4.69) is 10.3 Å². The number of carbonyl (C=O) groups is 1. The number of aliphatic hydroxyl groups is 1. The molecule has 6 heteroatoms.